The highest BCUT2D eigenvalue weighted by atomic mass is 79.9. The number of aromatic nitrogens is 1. The largest absolute Gasteiger partial charge is 0.492 e. The lowest BCUT2D eigenvalue weighted by Crippen LogP contribution is -2.16. The van der Waals surface area contributed by atoms with Gasteiger partial charge in [-0.2, -0.15) is 10.5 Å². The summed E-state index contributed by atoms with van der Waals surface area (Å²) >= 11 is 6.75. The van der Waals surface area contributed by atoms with Crippen molar-refractivity contribution in [1.82, 2.24) is 4.98 Å². The Kier molecular flexibility index (Phi) is 5.09. The minimum absolute atomic E-state index is 0.0205. The molecule has 0 saturated carbocycles. The fraction of sp³-hybridized carbons (Fsp3) is 0.133. The number of nitrogens with two attached hydrogens (primary N) is 1. The molecule has 0 spiro atoms. The van der Waals surface area contributed by atoms with Crippen LogP contribution in [0.3, 0.4) is 0 Å². The molecule has 0 amide bonds. The molecule has 8 heteroatoms. The van der Waals surface area contributed by atoms with E-state index in [1.165, 1.54) is 0 Å². The van der Waals surface area contributed by atoms with Crippen LogP contribution in [0.2, 0.25) is 0 Å². The van der Waals surface area contributed by atoms with Gasteiger partial charge in [0.2, 0.25) is 0 Å². The number of nitrogens with one attached hydrogen (secondary N) is 1. The van der Waals surface area contributed by atoms with Crippen molar-refractivity contribution in [3.63, 3.8) is 0 Å². The average molecular weight is 438 g/mol. The van der Waals surface area contributed by atoms with Crippen molar-refractivity contribution < 1.29 is 4.74 Å². The van der Waals surface area contributed by atoms with Gasteiger partial charge in [-0.15, -0.1) is 0 Å². The van der Waals surface area contributed by atoms with Gasteiger partial charge in [-0.05, 0) is 35.0 Å². The number of nitriles is 2. The lowest BCUT2D eigenvalue weighted by Gasteiger charge is -2.15. The number of hydrogen-bond donors (Lipinski definition) is 2. The molecule has 0 atom stereocenters. The maximum Gasteiger partial charge on any atom is 0.268 e. The predicted octanol–water partition coefficient (Wildman–Crippen LogP) is 3.29. The van der Waals surface area contributed by atoms with E-state index in [9.17, 15) is 15.3 Å². The summed E-state index contributed by atoms with van der Waals surface area (Å²) in [7, 11) is 0. The quantitative estimate of drug-likeness (QED) is 0.764. The number of pyridine rings is 1. The highest BCUT2D eigenvalue weighted by Crippen LogP contribution is 2.41. The molecule has 3 N–H and O–H groups in total. The van der Waals surface area contributed by atoms with Crippen molar-refractivity contribution in [2.45, 2.75) is 6.92 Å². The van der Waals surface area contributed by atoms with E-state index < -0.39 is 5.56 Å². The Morgan fingerprint density at radius 2 is 1.91 bits per heavy atom. The van der Waals surface area contributed by atoms with Gasteiger partial charge in [0.15, 0.2) is 0 Å². The Bertz CT molecular complexity index is 923. The zero-order valence-electron chi connectivity index (χ0n) is 11.9. The first-order valence-electron chi connectivity index (χ1n) is 6.42. The van der Waals surface area contributed by atoms with Crippen molar-refractivity contribution in [3.05, 3.63) is 42.6 Å². The first-order chi connectivity index (χ1) is 10.9. The summed E-state index contributed by atoms with van der Waals surface area (Å²) in [6, 6.07) is 7.22. The van der Waals surface area contributed by atoms with E-state index in [2.05, 4.69) is 36.8 Å². The van der Waals surface area contributed by atoms with E-state index in [4.69, 9.17) is 10.5 Å². The molecule has 0 saturated heterocycles. The van der Waals surface area contributed by atoms with E-state index in [1.54, 1.807) is 19.1 Å². The number of nitrogens with zero attached hydrogens (tertiary/aromatic N) is 2. The van der Waals surface area contributed by atoms with Gasteiger partial charge in [0.05, 0.1) is 11.1 Å². The molecule has 2 aromatic rings. The molecule has 0 fully saturated rings. The molecule has 0 radical (unpaired) electrons. The van der Waals surface area contributed by atoms with Crippen LogP contribution in [-0.4, -0.2) is 11.6 Å². The Labute approximate surface area is 148 Å². The zero-order chi connectivity index (χ0) is 17.1. The maximum atomic E-state index is 12.0. The second-order valence-corrected chi connectivity index (χ2v) is 6.18. The number of aromatic amines is 1. The van der Waals surface area contributed by atoms with Gasteiger partial charge in [-0.1, -0.05) is 15.9 Å². The van der Waals surface area contributed by atoms with E-state index in [-0.39, 0.29) is 22.5 Å². The number of nitrogen functional groups attached to an aromatic ring is 1. The molecule has 1 aromatic heterocycles. The van der Waals surface area contributed by atoms with Crippen LogP contribution in [0.1, 0.15) is 18.1 Å². The Morgan fingerprint density at radius 1 is 1.26 bits per heavy atom. The molecule has 0 aliphatic carbocycles. The van der Waals surface area contributed by atoms with Crippen LogP contribution in [0, 0.1) is 22.7 Å². The molecular formula is C15H10Br2N4O2. The van der Waals surface area contributed by atoms with Crippen LogP contribution in [0.25, 0.3) is 11.1 Å². The molecule has 0 unspecified atom stereocenters. The summed E-state index contributed by atoms with van der Waals surface area (Å²) in [4.78, 5) is 14.4. The number of benzene rings is 1. The Morgan fingerprint density at radius 3 is 2.48 bits per heavy atom. The van der Waals surface area contributed by atoms with Gasteiger partial charge in [0.1, 0.15) is 34.8 Å². The molecule has 1 aromatic carbocycles. The van der Waals surface area contributed by atoms with Crippen LogP contribution in [0.15, 0.2) is 25.9 Å². The van der Waals surface area contributed by atoms with E-state index >= 15 is 0 Å². The van der Waals surface area contributed by atoms with Crippen molar-refractivity contribution in [1.29, 1.82) is 10.5 Å². The second-order valence-electron chi connectivity index (χ2n) is 4.41. The third kappa shape index (κ3) is 3.09. The molecule has 0 aliphatic heterocycles. The van der Waals surface area contributed by atoms with Crippen molar-refractivity contribution >= 4 is 37.7 Å². The average Bonchev–Trinajstić information content (AvgIpc) is 2.49. The van der Waals surface area contributed by atoms with Gasteiger partial charge >= 0.3 is 0 Å². The Hall–Kier alpha value is -2.29. The molecule has 116 valence electrons. The Balaban J connectivity index is 3.01. The van der Waals surface area contributed by atoms with Gasteiger partial charge in [0, 0.05) is 15.6 Å². The molecule has 0 aliphatic rings. The fourth-order valence-corrected chi connectivity index (χ4v) is 3.49. The van der Waals surface area contributed by atoms with Crippen LogP contribution in [-0.2, 0) is 0 Å². The van der Waals surface area contributed by atoms with Crippen LogP contribution in [0.5, 0.6) is 5.75 Å². The fourth-order valence-electron chi connectivity index (χ4n) is 2.15. The standard InChI is InChI=1S/C15H10Br2N4O2/c1-2-23-13-8(3-7(16)4-11(13)17)12-9(5-18)14(20)21-15(22)10(12)6-19/h3-4H,2H2,1H3,(H3,20,21,22). The normalized spacial score (nSPS) is 9.96. The molecule has 6 nitrogen and oxygen atoms in total. The lowest BCUT2D eigenvalue weighted by atomic mass is 9.96. The minimum Gasteiger partial charge on any atom is -0.492 e. The number of ether oxygens (including phenoxy) is 1. The highest BCUT2D eigenvalue weighted by Gasteiger charge is 2.22. The summed E-state index contributed by atoms with van der Waals surface area (Å²) < 4.78 is 6.93. The first kappa shape index (κ1) is 17.1. The monoisotopic (exact) mass is 436 g/mol. The zero-order valence-corrected chi connectivity index (χ0v) is 15.1. The van der Waals surface area contributed by atoms with Gasteiger partial charge in [0.25, 0.3) is 5.56 Å². The van der Waals surface area contributed by atoms with E-state index in [0.29, 0.717) is 26.9 Å². The predicted molar refractivity (Wildman–Crippen MR) is 92.9 cm³/mol. The van der Waals surface area contributed by atoms with Crippen LogP contribution in [0.4, 0.5) is 5.82 Å². The summed E-state index contributed by atoms with van der Waals surface area (Å²) in [5, 5.41) is 18.8. The van der Waals surface area contributed by atoms with Crippen molar-refractivity contribution in [2.75, 3.05) is 12.3 Å². The summed E-state index contributed by atoms with van der Waals surface area (Å²) in [6.45, 7) is 2.18. The first-order valence-corrected chi connectivity index (χ1v) is 8.01. The number of hydrogen-bond acceptors (Lipinski definition) is 5. The van der Waals surface area contributed by atoms with Gasteiger partial charge in [-0.3, -0.25) is 4.79 Å². The number of halogens is 2. The molecule has 1 heterocycles. The molecular weight excluding hydrogens is 428 g/mol. The SMILES string of the molecule is CCOc1c(Br)cc(Br)cc1-c1c(C#N)c(N)[nH]c(=O)c1C#N. The second kappa shape index (κ2) is 6.86. The van der Waals surface area contributed by atoms with E-state index in [1.807, 2.05) is 12.1 Å². The maximum absolute atomic E-state index is 12.0. The highest BCUT2D eigenvalue weighted by molar-refractivity contribution is 9.11. The third-order valence-electron chi connectivity index (χ3n) is 3.03. The molecule has 23 heavy (non-hydrogen) atoms. The molecule has 0 bridgehead atoms. The lowest BCUT2D eigenvalue weighted by molar-refractivity contribution is 0.339. The van der Waals surface area contributed by atoms with Crippen LogP contribution >= 0.6 is 31.9 Å². The van der Waals surface area contributed by atoms with Crippen molar-refractivity contribution in [3.8, 4) is 29.0 Å². The summed E-state index contributed by atoms with van der Waals surface area (Å²) in [6.07, 6.45) is 0. The van der Waals surface area contributed by atoms with Gasteiger partial charge < -0.3 is 15.5 Å². The summed E-state index contributed by atoms with van der Waals surface area (Å²) in [5.74, 6) is 0.332. The van der Waals surface area contributed by atoms with Crippen molar-refractivity contribution in [2.24, 2.45) is 0 Å². The van der Waals surface area contributed by atoms with Crippen LogP contribution < -0.4 is 16.0 Å². The minimum atomic E-state index is -0.655. The smallest absolute Gasteiger partial charge is 0.268 e. The number of rotatable bonds is 3. The number of H-pyrrole nitrogens is 1. The number of anilines is 1. The van der Waals surface area contributed by atoms with Gasteiger partial charge in [-0.25, -0.2) is 0 Å². The van der Waals surface area contributed by atoms with E-state index in [0.717, 1.165) is 0 Å². The third-order valence-corrected chi connectivity index (χ3v) is 4.08. The topological polar surface area (TPSA) is 116 Å². The summed E-state index contributed by atoms with van der Waals surface area (Å²) in [5.41, 5.74) is 5.50. The molecule has 2 rings (SSSR count).